The van der Waals surface area contributed by atoms with Gasteiger partial charge < -0.3 is 9.47 Å². The maximum Gasteiger partial charge on any atom is 0.0588 e. The van der Waals surface area contributed by atoms with E-state index in [-0.39, 0.29) is 5.41 Å². The molecule has 2 heteroatoms. The first-order chi connectivity index (χ1) is 30.0. The summed E-state index contributed by atoms with van der Waals surface area (Å²) in [5, 5.41) is 2.55. The summed E-state index contributed by atoms with van der Waals surface area (Å²) in [5.74, 6) is 0. The fraction of sp³-hybridized carbons (Fsp3) is 0.0508. The molecule has 0 fully saturated rings. The Morgan fingerprint density at radius 2 is 0.918 bits per heavy atom. The smallest absolute Gasteiger partial charge is 0.0588 e. The van der Waals surface area contributed by atoms with Crippen LogP contribution in [0, 0.1) is 0 Å². The predicted molar refractivity (Wildman–Crippen MR) is 259 cm³/mol. The van der Waals surface area contributed by atoms with Gasteiger partial charge in [0.25, 0.3) is 0 Å². The molecule has 9 aromatic carbocycles. The first-order valence-corrected chi connectivity index (χ1v) is 21.2. The summed E-state index contributed by atoms with van der Waals surface area (Å²) in [4.78, 5) is 2.30. The molecule has 0 N–H and O–H groups in total. The van der Waals surface area contributed by atoms with Crippen molar-refractivity contribution in [1.82, 2.24) is 4.57 Å². The molecule has 0 bridgehead atoms. The van der Waals surface area contributed by atoms with E-state index < -0.39 is 0 Å². The highest BCUT2D eigenvalue weighted by Crippen LogP contribution is 2.53. The first-order valence-electron chi connectivity index (χ1n) is 21.2. The number of rotatable bonds is 8. The zero-order valence-electron chi connectivity index (χ0n) is 34.3. The van der Waals surface area contributed by atoms with E-state index in [1.807, 2.05) is 0 Å². The Bertz CT molecular complexity index is 3130. The molecule has 0 spiro atoms. The van der Waals surface area contributed by atoms with E-state index in [1.165, 1.54) is 71.9 Å². The molecular formula is C59H44N2. The lowest BCUT2D eigenvalue weighted by Crippen LogP contribution is -2.16. The van der Waals surface area contributed by atoms with Crippen molar-refractivity contribution in [2.45, 2.75) is 19.3 Å². The average molecular weight is 781 g/mol. The Labute approximate surface area is 358 Å². The largest absolute Gasteiger partial charge is 0.311 e. The topological polar surface area (TPSA) is 8.17 Å². The summed E-state index contributed by atoms with van der Waals surface area (Å²) in [7, 11) is 0. The third kappa shape index (κ3) is 6.36. The monoisotopic (exact) mass is 780 g/mol. The lowest BCUT2D eigenvalue weighted by Gasteiger charge is -2.25. The molecule has 0 amide bonds. The number of para-hydroxylation sites is 3. The molecule has 0 saturated carbocycles. The minimum absolute atomic E-state index is 0.251. The van der Waals surface area contributed by atoms with Gasteiger partial charge in [0.05, 0.1) is 11.0 Å². The van der Waals surface area contributed by atoms with Gasteiger partial charge in [-0.25, -0.2) is 0 Å². The molecule has 11 rings (SSSR count). The van der Waals surface area contributed by atoms with E-state index >= 15 is 0 Å². The highest BCUT2D eigenvalue weighted by Gasteiger charge is 2.38. The van der Waals surface area contributed by atoms with Crippen LogP contribution in [0.4, 0.5) is 17.1 Å². The van der Waals surface area contributed by atoms with Gasteiger partial charge in [-0.2, -0.15) is 0 Å². The molecule has 0 saturated heterocycles. The molecule has 0 unspecified atom stereocenters. The maximum absolute atomic E-state index is 2.54. The summed E-state index contributed by atoms with van der Waals surface area (Å²) in [6.07, 6.45) is 4.49. The van der Waals surface area contributed by atoms with Crippen LogP contribution in [0.1, 0.15) is 36.1 Å². The molecule has 2 nitrogen and oxygen atoms in total. The third-order valence-corrected chi connectivity index (χ3v) is 12.5. The van der Waals surface area contributed by atoms with Crippen molar-refractivity contribution < 1.29 is 0 Å². The van der Waals surface area contributed by atoms with Crippen LogP contribution in [0.15, 0.2) is 218 Å². The highest BCUT2D eigenvalue weighted by atomic mass is 15.1. The summed E-state index contributed by atoms with van der Waals surface area (Å²) < 4.78 is 2.54. The predicted octanol–water partition coefficient (Wildman–Crippen LogP) is 16.1. The number of hydrogen-bond donors (Lipinski definition) is 0. The van der Waals surface area contributed by atoms with E-state index in [0.717, 1.165) is 28.3 Å². The zero-order valence-corrected chi connectivity index (χ0v) is 34.3. The van der Waals surface area contributed by atoms with Crippen LogP contribution in [0.5, 0.6) is 0 Å². The minimum Gasteiger partial charge on any atom is -0.311 e. The Morgan fingerprint density at radius 3 is 1.54 bits per heavy atom. The Kier molecular flexibility index (Phi) is 8.86. The molecule has 1 aliphatic carbocycles. The van der Waals surface area contributed by atoms with Crippen LogP contribution in [-0.4, -0.2) is 4.57 Å². The summed E-state index contributed by atoms with van der Waals surface area (Å²) >= 11 is 0. The second-order valence-electron chi connectivity index (χ2n) is 16.6. The molecule has 1 aliphatic rings. The van der Waals surface area contributed by atoms with Crippen molar-refractivity contribution in [2.24, 2.45) is 0 Å². The second-order valence-corrected chi connectivity index (χ2v) is 16.6. The van der Waals surface area contributed by atoms with Crippen molar-refractivity contribution in [3.05, 3.63) is 241 Å². The maximum atomic E-state index is 2.54. The lowest BCUT2D eigenvalue weighted by molar-refractivity contribution is 0.663. The van der Waals surface area contributed by atoms with E-state index in [9.17, 15) is 0 Å². The molecule has 1 heterocycles. The van der Waals surface area contributed by atoms with Gasteiger partial charge in [0.1, 0.15) is 0 Å². The molecule has 0 radical (unpaired) electrons. The van der Waals surface area contributed by atoms with E-state index in [2.05, 4.69) is 254 Å². The highest BCUT2D eigenvalue weighted by molar-refractivity contribution is 6.13. The quantitative estimate of drug-likeness (QED) is 0.139. The fourth-order valence-electron chi connectivity index (χ4n) is 9.60. The van der Waals surface area contributed by atoms with Crippen LogP contribution in [0.25, 0.3) is 73.0 Å². The SMILES string of the molecule is CC1(C)c2cc(C=Cc3ccc(N(c4ccccc4)c4ccccc4)cc3)ccc2-c2ccc3c4ccccc4n(-c4cc(-c5ccccc5)cc(-c5ccccc5)c4)c3c21. The van der Waals surface area contributed by atoms with Gasteiger partial charge >= 0.3 is 0 Å². The molecule has 61 heavy (non-hydrogen) atoms. The molecule has 1 aromatic heterocycles. The molecule has 0 atom stereocenters. The van der Waals surface area contributed by atoms with Crippen LogP contribution in [0.2, 0.25) is 0 Å². The number of hydrogen-bond acceptors (Lipinski definition) is 1. The first kappa shape index (κ1) is 36.4. The van der Waals surface area contributed by atoms with Gasteiger partial charge in [0.2, 0.25) is 0 Å². The zero-order chi connectivity index (χ0) is 40.9. The van der Waals surface area contributed by atoms with Gasteiger partial charge in [0.15, 0.2) is 0 Å². The minimum atomic E-state index is -0.251. The Morgan fingerprint density at radius 1 is 0.410 bits per heavy atom. The summed E-state index contributed by atoms with van der Waals surface area (Å²) in [6, 6.07) is 79.2. The normalized spacial score (nSPS) is 12.8. The number of anilines is 3. The van der Waals surface area contributed by atoms with Gasteiger partial charge in [0, 0.05) is 38.9 Å². The van der Waals surface area contributed by atoms with Gasteiger partial charge in [-0.1, -0.05) is 184 Å². The van der Waals surface area contributed by atoms with Crippen molar-refractivity contribution in [3.63, 3.8) is 0 Å². The fourth-order valence-corrected chi connectivity index (χ4v) is 9.60. The lowest BCUT2D eigenvalue weighted by atomic mass is 9.81. The number of benzene rings is 9. The number of aromatic nitrogens is 1. The Balaban J connectivity index is 0.996. The second kappa shape index (κ2) is 14.9. The van der Waals surface area contributed by atoms with E-state index in [0.29, 0.717) is 0 Å². The van der Waals surface area contributed by atoms with Crippen molar-refractivity contribution in [1.29, 1.82) is 0 Å². The average Bonchev–Trinajstić information content (AvgIpc) is 3.78. The Hall–Kier alpha value is -7.68. The van der Waals surface area contributed by atoms with Crippen LogP contribution < -0.4 is 4.90 Å². The van der Waals surface area contributed by atoms with Crippen molar-refractivity contribution in [3.8, 4) is 39.1 Å². The van der Waals surface area contributed by atoms with Crippen LogP contribution in [0.3, 0.4) is 0 Å². The number of nitrogens with zero attached hydrogens (tertiary/aromatic N) is 2. The van der Waals surface area contributed by atoms with Gasteiger partial charge in [-0.15, -0.1) is 0 Å². The van der Waals surface area contributed by atoms with Crippen LogP contribution >= 0.6 is 0 Å². The van der Waals surface area contributed by atoms with Crippen LogP contribution in [-0.2, 0) is 5.41 Å². The third-order valence-electron chi connectivity index (χ3n) is 12.5. The van der Waals surface area contributed by atoms with Crippen molar-refractivity contribution in [2.75, 3.05) is 4.90 Å². The molecule has 290 valence electrons. The molecular weight excluding hydrogens is 737 g/mol. The molecule has 0 aliphatic heterocycles. The van der Waals surface area contributed by atoms with Gasteiger partial charge in [-0.3, -0.25) is 0 Å². The van der Waals surface area contributed by atoms with Crippen molar-refractivity contribution >= 4 is 51.0 Å². The summed E-state index contributed by atoms with van der Waals surface area (Å²) in [5.41, 5.74) is 19.3. The van der Waals surface area contributed by atoms with Gasteiger partial charge in [-0.05, 0) is 116 Å². The summed E-state index contributed by atoms with van der Waals surface area (Å²) in [6.45, 7) is 4.82. The molecule has 10 aromatic rings. The standard InChI is InChI=1S/C59H44N2/c1-59(2)55-37-42(28-27-41-29-32-49(33-30-41)60(47-21-11-5-12-22-47)48-23-13-6-14-24-48)31-34-51(55)53-35-36-54-52-25-15-16-26-56(52)61(58(54)57(53)59)50-39-45(43-17-7-3-8-18-43)38-46(40-50)44-19-9-4-10-20-44/h3-40H,1-2H3. The van der Waals surface area contributed by atoms with E-state index in [4.69, 9.17) is 0 Å². The van der Waals surface area contributed by atoms with E-state index in [1.54, 1.807) is 0 Å². The number of fused-ring (bicyclic) bond motifs is 7.